The third-order valence-corrected chi connectivity index (χ3v) is 3.64. The average molecular weight is 371 g/mol. The average Bonchev–Trinajstić information content (AvgIpc) is 3.08. The fourth-order valence-corrected chi connectivity index (χ4v) is 2.39. The fraction of sp³-hybridized carbons (Fsp3) is 0.474. The normalized spacial score (nSPS) is 10.9. The summed E-state index contributed by atoms with van der Waals surface area (Å²) < 4.78 is 12.1. The zero-order valence-electron chi connectivity index (χ0n) is 16.2. The quantitative estimate of drug-likeness (QED) is 0.751. The number of rotatable bonds is 7. The number of nitriles is 1. The molecule has 1 amide bonds. The van der Waals surface area contributed by atoms with Gasteiger partial charge in [0.1, 0.15) is 17.4 Å². The number of benzene rings is 1. The van der Waals surface area contributed by atoms with Crippen molar-refractivity contribution in [2.45, 2.75) is 45.6 Å². The van der Waals surface area contributed by atoms with Crippen LogP contribution in [-0.4, -0.2) is 40.3 Å². The zero-order chi connectivity index (χ0) is 19.9. The number of hydrogen-bond acceptors (Lipinski definition) is 6. The zero-order valence-corrected chi connectivity index (χ0v) is 16.2. The van der Waals surface area contributed by atoms with E-state index in [2.05, 4.69) is 21.7 Å². The van der Waals surface area contributed by atoms with Crippen molar-refractivity contribution in [3.63, 3.8) is 0 Å². The largest absolute Gasteiger partial charge is 0.495 e. The minimum atomic E-state index is -0.489. The molecule has 0 saturated carbocycles. The lowest BCUT2D eigenvalue weighted by Crippen LogP contribution is -2.33. The lowest BCUT2D eigenvalue weighted by molar-refractivity contribution is 0.0527. The van der Waals surface area contributed by atoms with Crippen molar-refractivity contribution in [3.8, 4) is 17.5 Å². The molecule has 144 valence electrons. The molecular weight excluding hydrogens is 346 g/mol. The first-order valence-corrected chi connectivity index (χ1v) is 8.79. The van der Waals surface area contributed by atoms with Crippen LogP contribution >= 0.6 is 0 Å². The summed E-state index contributed by atoms with van der Waals surface area (Å²) in [4.78, 5) is 11.6. The van der Waals surface area contributed by atoms with Gasteiger partial charge in [0, 0.05) is 12.6 Å². The van der Waals surface area contributed by atoms with Crippen molar-refractivity contribution in [2.24, 2.45) is 0 Å². The number of carbonyl (C=O) groups excluding carboxylic acids is 1. The van der Waals surface area contributed by atoms with Gasteiger partial charge in [-0.05, 0) is 52.2 Å². The molecule has 2 aromatic rings. The van der Waals surface area contributed by atoms with Crippen LogP contribution in [0.5, 0.6) is 5.75 Å². The molecule has 0 spiro atoms. The highest BCUT2D eigenvalue weighted by molar-refractivity contribution is 5.67. The van der Waals surface area contributed by atoms with Crippen LogP contribution < -0.4 is 10.1 Å². The third-order valence-electron chi connectivity index (χ3n) is 3.64. The van der Waals surface area contributed by atoms with Crippen LogP contribution in [0.25, 0.3) is 5.69 Å². The highest BCUT2D eigenvalue weighted by Crippen LogP contribution is 2.21. The molecule has 1 N–H and O–H groups in total. The number of unbranched alkanes of at least 4 members (excludes halogenated alkanes) is 1. The number of ether oxygens (including phenoxy) is 2. The molecule has 0 radical (unpaired) electrons. The Kier molecular flexibility index (Phi) is 6.77. The van der Waals surface area contributed by atoms with Gasteiger partial charge in [-0.15, -0.1) is 5.10 Å². The Morgan fingerprint density at radius 2 is 2.11 bits per heavy atom. The highest BCUT2D eigenvalue weighted by Gasteiger charge is 2.15. The Bertz CT molecular complexity index is 817. The van der Waals surface area contributed by atoms with Crippen LogP contribution in [0, 0.1) is 11.3 Å². The van der Waals surface area contributed by atoms with Gasteiger partial charge < -0.3 is 14.8 Å². The summed E-state index contributed by atoms with van der Waals surface area (Å²) in [5, 5.41) is 20.1. The molecule has 8 heteroatoms. The maximum atomic E-state index is 11.6. The van der Waals surface area contributed by atoms with Crippen LogP contribution in [0.2, 0.25) is 0 Å². The summed E-state index contributed by atoms with van der Waals surface area (Å²) in [6.07, 6.45) is 3.89. The monoisotopic (exact) mass is 371 g/mol. The molecule has 0 unspecified atom stereocenters. The first-order valence-electron chi connectivity index (χ1n) is 8.79. The van der Waals surface area contributed by atoms with E-state index in [4.69, 9.17) is 14.7 Å². The summed E-state index contributed by atoms with van der Waals surface area (Å²) in [6, 6.07) is 7.32. The predicted octanol–water partition coefficient (Wildman–Crippen LogP) is 2.99. The number of nitrogens with zero attached hydrogens (tertiary/aromatic N) is 4. The van der Waals surface area contributed by atoms with Crippen molar-refractivity contribution < 1.29 is 14.3 Å². The van der Waals surface area contributed by atoms with Gasteiger partial charge in [-0.1, -0.05) is 5.21 Å². The number of aromatic nitrogens is 3. The van der Waals surface area contributed by atoms with Gasteiger partial charge in [-0.2, -0.15) is 5.26 Å². The van der Waals surface area contributed by atoms with Crippen molar-refractivity contribution in [2.75, 3.05) is 13.7 Å². The van der Waals surface area contributed by atoms with E-state index in [1.807, 2.05) is 27.0 Å². The van der Waals surface area contributed by atoms with E-state index in [9.17, 15) is 4.79 Å². The number of nitrogens with one attached hydrogen (secondary N) is 1. The Hall–Kier alpha value is -3.08. The molecule has 0 aliphatic carbocycles. The van der Waals surface area contributed by atoms with E-state index >= 15 is 0 Å². The molecule has 0 aliphatic rings. The second kappa shape index (κ2) is 9.03. The minimum Gasteiger partial charge on any atom is -0.495 e. The van der Waals surface area contributed by atoms with Crippen LogP contribution in [0.4, 0.5) is 4.79 Å². The maximum absolute atomic E-state index is 11.6. The number of amides is 1. The number of hydrogen-bond donors (Lipinski definition) is 1. The Morgan fingerprint density at radius 3 is 2.78 bits per heavy atom. The van der Waals surface area contributed by atoms with Crippen LogP contribution in [0.3, 0.4) is 0 Å². The van der Waals surface area contributed by atoms with Crippen molar-refractivity contribution in [1.82, 2.24) is 20.3 Å². The molecular formula is C19H25N5O3. The SMILES string of the molecule is COc1cc(-n2cc(CCCCNC(=O)OC(C)(C)C)nn2)ccc1C#N. The smallest absolute Gasteiger partial charge is 0.407 e. The molecule has 0 fully saturated rings. The summed E-state index contributed by atoms with van der Waals surface area (Å²) in [5.74, 6) is 0.500. The van der Waals surface area contributed by atoms with E-state index in [0.717, 1.165) is 30.6 Å². The maximum Gasteiger partial charge on any atom is 0.407 e. The van der Waals surface area contributed by atoms with E-state index in [1.165, 1.54) is 7.11 Å². The molecule has 1 aromatic heterocycles. The standard InChI is InChI=1S/C19H25N5O3/c1-19(2,3)27-18(25)21-10-6-5-7-15-13-24(23-22-15)16-9-8-14(12-20)17(11-16)26-4/h8-9,11,13H,5-7,10H2,1-4H3,(H,21,25). The summed E-state index contributed by atoms with van der Waals surface area (Å²) in [5.41, 5.74) is 1.61. The lowest BCUT2D eigenvalue weighted by atomic mass is 10.2. The fourth-order valence-electron chi connectivity index (χ4n) is 2.39. The predicted molar refractivity (Wildman–Crippen MR) is 99.8 cm³/mol. The van der Waals surface area contributed by atoms with Gasteiger partial charge in [0.15, 0.2) is 0 Å². The van der Waals surface area contributed by atoms with Crippen molar-refractivity contribution in [1.29, 1.82) is 5.26 Å². The first-order chi connectivity index (χ1) is 12.8. The van der Waals surface area contributed by atoms with Gasteiger partial charge >= 0.3 is 6.09 Å². The number of alkyl carbamates (subject to hydrolysis) is 1. The Labute approximate surface area is 159 Å². The number of methoxy groups -OCH3 is 1. The van der Waals surface area contributed by atoms with Crippen molar-refractivity contribution >= 4 is 6.09 Å². The van der Waals surface area contributed by atoms with Gasteiger partial charge in [0.05, 0.1) is 30.3 Å². The van der Waals surface area contributed by atoms with Crippen molar-refractivity contribution in [3.05, 3.63) is 35.7 Å². The number of aryl methyl sites for hydroxylation is 1. The summed E-state index contributed by atoms with van der Waals surface area (Å²) in [6.45, 7) is 6.05. The molecule has 0 saturated heterocycles. The van der Waals surface area contributed by atoms with Crippen LogP contribution in [-0.2, 0) is 11.2 Å². The van der Waals surface area contributed by atoms with Gasteiger partial charge in [-0.25, -0.2) is 9.48 Å². The van der Waals surface area contributed by atoms with E-state index in [1.54, 1.807) is 22.9 Å². The second-order valence-corrected chi connectivity index (χ2v) is 7.04. The summed E-state index contributed by atoms with van der Waals surface area (Å²) in [7, 11) is 1.53. The van der Waals surface area contributed by atoms with E-state index < -0.39 is 11.7 Å². The molecule has 2 rings (SSSR count). The molecule has 8 nitrogen and oxygen atoms in total. The molecule has 0 aliphatic heterocycles. The molecule has 27 heavy (non-hydrogen) atoms. The Balaban J connectivity index is 1.81. The van der Waals surface area contributed by atoms with Crippen LogP contribution in [0.1, 0.15) is 44.9 Å². The molecule has 1 heterocycles. The van der Waals surface area contributed by atoms with Gasteiger partial charge in [0.25, 0.3) is 0 Å². The van der Waals surface area contributed by atoms with Crippen LogP contribution in [0.15, 0.2) is 24.4 Å². The van der Waals surface area contributed by atoms with E-state index in [0.29, 0.717) is 17.9 Å². The lowest BCUT2D eigenvalue weighted by Gasteiger charge is -2.19. The third kappa shape index (κ3) is 6.29. The second-order valence-electron chi connectivity index (χ2n) is 7.04. The summed E-state index contributed by atoms with van der Waals surface area (Å²) >= 11 is 0. The molecule has 0 bridgehead atoms. The minimum absolute atomic E-state index is 0.400. The van der Waals surface area contributed by atoms with Gasteiger partial charge in [-0.3, -0.25) is 0 Å². The van der Waals surface area contributed by atoms with Gasteiger partial charge in [0.2, 0.25) is 0 Å². The topological polar surface area (TPSA) is 102 Å². The van der Waals surface area contributed by atoms with E-state index in [-0.39, 0.29) is 0 Å². The first kappa shape index (κ1) is 20.2. The number of carbonyl (C=O) groups is 1. The molecule has 0 atom stereocenters. The molecule has 1 aromatic carbocycles. The Morgan fingerprint density at radius 1 is 1.33 bits per heavy atom. The highest BCUT2D eigenvalue weighted by atomic mass is 16.6.